The molecule has 6 heteroatoms. The molecule has 0 bridgehead atoms. The minimum Gasteiger partial charge on any atom is -0.790 e. The normalized spacial score (nSPS) is 11.9. The summed E-state index contributed by atoms with van der Waals surface area (Å²) in [6, 6.07) is 0. The zero-order chi connectivity index (χ0) is 9.45. The lowest BCUT2D eigenvalue weighted by Gasteiger charge is -2.28. The van der Waals surface area contributed by atoms with Gasteiger partial charge in [0.05, 0.1) is 21.0 Å². The van der Waals surface area contributed by atoms with Crippen molar-refractivity contribution >= 4 is 7.82 Å². The van der Waals surface area contributed by atoms with Crippen LogP contribution in [0.5, 0.6) is 0 Å². The molecular weight excluding hydrogens is 183 g/mol. The Morgan fingerprint density at radius 1 is 1.25 bits per heavy atom. The summed E-state index contributed by atoms with van der Waals surface area (Å²) in [5, 5.41) is 0. The predicted molar refractivity (Wildman–Crippen MR) is 39.3 cm³/mol. The lowest BCUT2D eigenvalue weighted by Crippen LogP contribution is -2.18. The molecular formula is C6H13O5P-2. The monoisotopic (exact) mass is 196 g/mol. The first-order valence-electron chi connectivity index (χ1n) is 3.80. The molecule has 0 aromatic carbocycles. The minimum absolute atomic E-state index is 0.147. The number of hydrogen-bond donors (Lipinski definition) is 0. The number of phosphoric acid groups is 1. The van der Waals surface area contributed by atoms with Crippen LogP contribution in [0.4, 0.5) is 0 Å². The minimum atomic E-state index is -4.80. The van der Waals surface area contributed by atoms with Gasteiger partial charge in [-0.1, -0.05) is 13.3 Å². The van der Waals surface area contributed by atoms with Gasteiger partial charge < -0.3 is 23.6 Å². The predicted octanol–water partition coefficient (Wildman–Crippen LogP) is -0.352. The molecule has 0 radical (unpaired) electrons. The summed E-state index contributed by atoms with van der Waals surface area (Å²) in [4.78, 5) is 19.8. The molecule has 0 heterocycles. The zero-order valence-corrected chi connectivity index (χ0v) is 7.92. The highest BCUT2D eigenvalue weighted by atomic mass is 31.2. The van der Waals surface area contributed by atoms with Gasteiger partial charge in [-0.25, -0.2) is 0 Å². The molecule has 5 nitrogen and oxygen atoms in total. The van der Waals surface area contributed by atoms with Gasteiger partial charge in [-0.05, 0) is 6.42 Å². The molecule has 74 valence electrons. The Balaban J connectivity index is 3.06. The number of phosphoric ester groups is 1. The molecule has 0 spiro atoms. The van der Waals surface area contributed by atoms with Crippen LogP contribution in [-0.4, -0.2) is 19.8 Å². The number of unbranched alkanes of at least 4 members (excludes halogenated alkanes) is 1. The third-order valence-corrected chi connectivity index (χ3v) is 1.62. The van der Waals surface area contributed by atoms with Gasteiger partial charge in [0.2, 0.25) is 0 Å². The fourth-order valence-corrected chi connectivity index (χ4v) is 0.855. The maximum atomic E-state index is 9.91. The first-order valence-corrected chi connectivity index (χ1v) is 5.26. The van der Waals surface area contributed by atoms with Crippen molar-refractivity contribution in [3.8, 4) is 0 Å². The van der Waals surface area contributed by atoms with Gasteiger partial charge in [0.25, 0.3) is 0 Å². The van der Waals surface area contributed by atoms with Crippen LogP contribution in [0.3, 0.4) is 0 Å². The van der Waals surface area contributed by atoms with Crippen LogP contribution in [0.15, 0.2) is 0 Å². The lowest BCUT2D eigenvalue weighted by molar-refractivity contribution is -0.342. The summed E-state index contributed by atoms with van der Waals surface area (Å²) < 4.78 is 18.8. The van der Waals surface area contributed by atoms with E-state index in [1.165, 1.54) is 0 Å². The molecule has 0 saturated heterocycles. The van der Waals surface area contributed by atoms with E-state index in [-0.39, 0.29) is 13.2 Å². The van der Waals surface area contributed by atoms with Crippen LogP contribution in [0, 0.1) is 0 Å². The molecule has 0 aromatic heterocycles. The van der Waals surface area contributed by atoms with Crippen LogP contribution in [0.2, 0.25) is 0 Å². The summed E-state index contributed by atoms with van der Waals surface area (Å²) in [6.45, 7) is 2.55. The molecule has 0 aliphatic carbocycles. The van der Waals surface area contributed by atoms with Crippen molar-refractivity contribution in [3.63, 3.8) is 0 Å². The Bertz CT molecular complexity index is 143. The van der Waals surface area contributed by atoms with E-state index in [1.54, 1.807) is 0 Å². The molecule has 12 heavy (non-hydrogen) atoms. The smallest absolute Gasteiger partial charge is 0.0752 e. The number of ether oxygens (including phenoxy) is 1. The Morgan fingerprint density at radius 2 is 1.92 bits per heavy atom. The van der Waals surface area contributed by atoms with E-state index in [0.717, 1.165) is 12.8 Å². The van der Waals surface area contributed by atoms with Gasteiger partial charge in [0.1, 0.15) is 0 Å². The summed E-state index contributed by atoms with van der Waals surface area (Å²) in [7, 11) is -4.80. The van der Waals surface area contributed by atoms with E-state index in [2.05, 4.69) is 4.52 Å². The zero-order valence-electron chi connectivity index (χ0n) is 7.02. The number of rotatable bonds is 7. The quantitative estimate of drug-likeness (QED) is 0.410. The molecule has 0 aromatic rings. The molecule has 0 amide bonds. The third-order valence-electron chi connectivity index (χ3n) is 1.12. The van der Waals surface area contributed by atoms with Crippen LogP contribution in [0.1, 0.15) is 19.8 Å². The molecule has 0 fully saturated rings. The summed E-state index contributed by atoms with van der Waals surface area (Å²) >= 11 is 0. The average Bonchev–Trinajstić information content (AvgIpc) is 1.94. The second-order valence-corrected chi connectivity index (χ2v) is 3.40. The average molecular weight is 196 g/mol. The fourth-order valence-electron chi connectivity index (χ4n) is 0.556. The summed E-state index contributed by atoms with van der Waals surface area (Å²) in [5.41, 5.74) is 0. The fraction of sp³-hybridized carbons (Fsp3) is 1.00. The van der Waals surface area contributed by atoms with Gasteiger partial charge in [-0.3, -0.25) is 0 Å². The molecule has 0 aliphatic rings. The maximum Gasteiger partial charge on any atom is 0.0752 e. The van der Waals surface area contributed by atoms with Gasteiger partial charge in [0, 0.05) is 6.61 Å². The largest absolute Gasteiger partial charge is 0.790 e. The first kappa shape index (κ1) is 12.1. The molecule has 0 unspecified atom stereocenters. The Hall–Kier alpha value is 0.0700. The van der Waals surface area contributed by atoms with E-state index >= 15 is 0 Å². The van der Waals surface area contributed by atoms with Crippen LogP contribution < -0.4 is 9.79 Å². The van der Waals surface area contributed by atoms with Gasteiger partial charge in [-0.2, -0.15) is 0 Å². The highest BCUT2D eigenvalue weighted by Gasteiger charge is 1.91. The molecule has 0 saturated carbocycles. The maximum absolute atomic E-state index is 9.91. The van der Waals surface area contributed by atoms with Crippen LogP contribution >= 0.6 is 7.82 Å². The van der Waals surface area contributed by atoms with E-state index in [1.807, 2.05) is 6.92 Å². The number of hydrogen-bond acceptors (Lipinski definition) is 5. The lowest BCUT2D eigenvalue weighted by atomic mass is 10.4. The van der Waals surface area contributed by atoms with Gasteiger partial charge in [0.15, 0.2) is 0 Å². The molecule has 0 N–H and O–H groups in total. The van der Waals surface area contributed by atoms with Crippen molar-refractivity contribution in [3.05, 3.63) is 0 Å². The van der Waals surface area contributed by atoms with Crippen molar-refractivity contribution in [1.82, 2.24) is 0 Å². The van der Waals surface area contributed by atoms with Gasteiger partial charge >= 0.3 is 0 Å². The van der Waals surface area contributed by atoms with Crippen LogP contribution in [0.25, 0.3) is 0 Å². The van der Waals surface area contributed by atoms with Crippen molar-refractivity contribution in [2.45, 2.75) is 19.8 Å². The van der Waals surface area contributed by atoms with Crippen LogP contribution in [-0.2, 0) is 13.8 Å². The topological polar surface area (TPSA) is 81.7 Å². The van der Waals surface area contributed by atoms with E-state index in [4.69, 9.17) is 4.74 Å². The Labute approximate surface area is 71.9 Å². The third kappa shape index (κ3) is 10.1. The summed E-state index contributed by atoms with van der Waals surface area (Å²) in [6.07, 6.45) is 1.94. The van der Waals surface area contributed by atoms with Crippen molar-refractivity contribution < 1.29 is 23.6 Å². The van der Waals surface area contributed by atoms with E-state index in [0.29, 0.717) is 6.61 Å². The standard InChI is InChI=1S/C6H15O5P/c1-2-3-4-10-5-6-11-12(7,8)9/h2-6H2,1H3,(H2,7,8,9)/p-2. The highest BCUT2D eigenvalue weighted by molar-refractivity contribution is 7.43. The van der Waals surface area contributed by atoms with E-state index < -0.39 is 7.82 Å². The second kappa shape index (κ2) is 6.57. The second-order valence-electron chi connectivity index (χ2n) is 2.25. The molecule has 0 atom stereocenters. The molecule has 0 aliphatic heterocycles. The Morgan fingerprint density at radius 3 is 2.42 bits per heavy atom. The Kier molecular flexibility index (Phi) is 6.61. The van der Waals surface area contributed by atoms with Gasteiger partial charge in [-0.15, -0.1) is 0 Å². The first-order chi connectivity index (χ1) is 5.56. The van der Waals surface area contributed by atoms with Crippen molar-refractivity contribution in [1.29, 1.82) is 0 Å². The summed E-state index contributed by atoms with van der Waals surface area (Å²) in [5.74, 6) is 0. The molecule has 0 rings (SSSR count). The van der Waals surface area contributed by atoms with Crippen molar-refractivity contribution in [2.75, 3.05) is 19.8 Å². The van der Waals surface area contributed by atoms with E-state index in [9.17, 15) is 14.4 Å². The SMILES string of the molecule is CCCCOCCOP(=O)([O-])[O-]. The highest BCUT2D eigenvalue weighted by Crippen LogP contribution is 2.23. The van der Waals surface area contributed by atoms with Crippen molar-refractivity contribution in [2.24, 2.45) is 0 Å².